The van der Waals surface area contributed by atoms with Gasteiger partial charge in [-0.1, -0.05) is 54.1 Å². The number of ether oxygens (including phenoxy) is 1. The Morgan fingerprint density at radius 3 is 2.50 bits per heavy atom. The molecule has 164 valence electrons. The lowest BCUT2D eigenvalue weighted by atomic mass is 10.2. The number of fused-ring (bicyclic) bond motifs is 1. The van der Waals surface area contributed by atoms with Gasteiger partial charge in [0, 0.05) is 28.9 Å². The highest BCUT2D eigenvalue weighted by molar-refractivity contribution is 7.90. The minimum absolute atomic E-state index is 0.0161. The molecule has 0 saturated carbocycles. The van der Waals surface area contributed by atoms with Crippen molar-refractivity contribution in [2.75, 3.05) is 12.4 Å². The Labute approximate surface area is 187 Å². The van der Waals surface area contributed by atoms with Crippen molar-refractivity contribution in [2.45, 2.75) is 24.1 Å². The van der Waals surface area contributed by atoms with E-state index in [2.05, 4.69) is 5.32 Å². The van der Waals surface area contributed by atoms with Gasteiger partial charge >= 0.3 is 0 Å². The summed E-state index contributed by atoms with van der Waals surface area (Å²) in [5.74, 6) is 0.275. The van der Waals surface area contributed by atoms with E-state index in [0.29, 0.717) is 22.3 Å². The van der Waals surface area contributed by atoms with E-state index in [9.17, 15) is 13.2 Å². The highest BCUT2D eigenvalue weighted by Crippen LogP contribution is 2.28. The van der Waals surface area contributed by atoms with E-state index in [4.69, 9.17) is 4.74 Å². The first kappa shape index (κ1) is 21.6. The third-order valence-electron chi connectivity index (χ3n) is 5.23. The molecular formula is C25H24N2O4S. The number of methoxy groups -OCH3 is 1. The number of amides is 1. The maximum absolute atomic E-state index is 13.2. The fourth-order valence-electron chi connectivity index (χ4n) is 3.63. The number of benzene rings is 3. The first-order valence-electron chi connectivity index (χ1n) is 10.2. The van der Waals surface area contributed by atoms with Crippen LogP contribution in [0.3, 0.4) is 0 Å². The number of nitrogens with zero attached hydrogens (tertiary/aromatic N) is 1. The lowest BCUT2D eigenvalue weighted by molar-refractivity contribution is -0.116. The Hall–Kier alpha value is -3.58. The number of para-hydroxylation sites is 1. The van der Waals surface area contributed by atoms with Crippen LogP contribution >= 0.6 is 0 Å². The van der Waals surface area contributed by atoms with Crippen LogP contribution in [0, 0.1) is 6.92 Å². The molecule has 1 aromatic heterocycles. The average molecular weight is 449 g/mol. The van der Waals surface area contributed by atoms with Gasteiger partial charge in [0.2, 0.25) is 5.91 Å². The third-order valence-corrected chi connectivity index (χ3v) is 6.94. The average Bonchev–Trinajstić information content (AvgIpc) is 3.15. The van der Waals surface area contributed by atoms with Crippen molar-refractivity contribution in [3.63, 3.8) is 0 Å². The summed E-state index contributed by atoms with van der Waals surface area (Å²) in [6.45, 7) is 1.94. The number of anilines is 1. The summed E-state index contributed by atoms with van der Waals surface area (Å²) in [6.07, 6.45) is 1.55. The summed E-state index contributed by atoms with van der Waals surface area (Å²) < 4.78 is 33.3. The second kappa shape index (κ2) is 8.88. The zero-order chi connectivity index (χ0) is 22.7. The van der Waals surface area contributed by atoms with Crippen LogP contribution in [-0.4, -0.2) is 26.0 Å². The van der Waals surface area contributed by atoms with Crippen LogP contribution in [0.5, 0.6) is 5.75 Å². The molecule has 1 amide bonds. The van der Waals surface area contributed by atoms with E-state index >= 15 is 0 Å². The van der Waals surface area contributed by atoms with E-state index in [1.54, 1.807) is 54.3 Å². The van der Waals surface area contributed by atoms with Gasteiger partial charge < -0.3 is 14.6 Å². The molecule has 0 unspecified atom stereocenters. The number of nitrogens with one attached hydrogen (secondary N) is 1. The lowest BCUT2D eigenvalue weighted by Gasteiger charge is -2.08. The molecule has 32 heavy (non-hydrogen) atoms. The minimum Gasteiger partial charge on any atom is -0.497 e. The van der Waals surface area contributed by atoms with Crippen LogP contribution in [0.25, 0.3) is 10.9 Å². The summed E-state index contributed by atoms with van der Waals surface area (Å²) in [5, 5.41) is 3.44. The highest BCUT2D eigenvalue weighted by atomic mass is 32.2. The maximum Gasteiger partial charge on any atom is 0.244 e. The van der Waals surface area contributed by atoms with Gasteiger partial charge in [-0.3, -0.25) is 4.79 Å². The van der Waals surface area contributed by atoms with Crippen LogP contribution in [-0.2, 0) is 26.9 Å². The van der Waals surface area contributed by atoms with Crippen molar-refractivity contribution in [2.24, 2.45) is 0 Å². The van der Waals surface area contributed by atoms with E-state index in [0.717, 1.165) is 11.1 Å². The van der Waals surface area contributed by atoms with Crippen molar-refractivity contribution in [3.05, 3.63) is 90.1 Å². The van der Waals surface area contributed by atoms with E-state index in [1.165, 1.54) is 0 Å². The molecule has 0 atom stereocenters. The SMILES string of the molecule is COc1cccc(NC(=O)Cn2cc(S(=O)(=O)Cc3ccc(C)cc3)c3ccccc32)c1. The first-order chi connectivity index (χ1) is 15.4. The zero-order valence-electron chi connectivity index (χ0n) is 17.9. The fourth-order valence-corrected chi connectivity index (χ4v) is 5.21. The van der Waals surface area contributed by atoms with Gasteiger partial charge in [-0.05, 0) is 30.7 Å². The summed E-state index contributed by atoms with van der Waals surface area (Å²) in [5.41, 5.74) is 3.10. The molecule has 4 rings (SSSR count). The molecule has 0 aliphatic rings. The summed E-state index contributed by atoms with van der Waals surface area (Å²) >= 11 is 0. The quantitative estimate of drug-likeness (QED) is 0.449. The third kappa shape index (κ3) is 4.68. The minimum atomic E-state index is -3.60. The largest absolute Gasteiger partial charge is 0.497 e. The molecule has 6 nitrogen and oxygen atoms in total. The molecule has 0 radical (unpaired) electrons. The number of carbonyl (C=O) groups excluding carboxylic acids is 1. The number of hydrogen-bond donors (Lipinski definition) is 1. The normalized spacial score (nSPS) is 11.4. The molecule has 0 fully saturated rings. The molecule has 1 heterocycles. The Balaban J connectivity index is 1.62. The molecule has 0 spiro atoms. The van der Waals surface area contributed by atoms with Gasteiger partial charge in [-0.2, -0.15) is 0 Å². The van der Waals surface area contributed by atoms with Crippen LogP contribution in [0.15, 0.2) is 83.9 Å². The summed E-state index contributed by atoms with van der Waals surface area (Å²) in [7, 11) is -2.04. The van der Waals surface area contributed by atoms with Gasteiger partial charge in [-0.15, -0.1) is 0 Å². The van der Waals surface area contributed by atoms with E-state index in [-0.39, 0.29) is 23.1 Å². The van der Waals surface area contributed by atoms with Crippen molar-refractivity contribution in [1.29, 1.82) is 0 Å². The Morgan fingerprint density at radius 1 is 1.00 bits per heavy atom. The molecule has 0 bridgehead atoms. The van der Waals surface area contributed by atoms with E-state index < -0.39 is 9.84 Å². The highest BCUT2D eigenvalue weighted by Gasteiger charge is 2.22. The van der Waals surface area contributed by atoms with Crippen molar-refractivity contribution in [1.82, 2.24) is 4.57 Å². The van der Waals surface area contributed by atoms with E-state index in [1.807, 2.05) is 43.3 Å². The molecule has 0 saturated heterocycles. The first-order valence-corrected chi connectivity index (χ1v) is 11.8. The Morgan fingerprint density at radius 2 is 1.75 bits per heavy atom. The Bertz CT molecular complexity index is 1370. The number of carbonyl (C=O) groups is 1. The molecular weight excluding hydrogens is 424 g/mol. The smallest absolute Gasteiger partial charge is 0.244 e. The van der Waals surface area contributed by atoms with Crippen LogP contribution in [0.2, 0.25) is 0 Å². The van der Waals surface area contributed by atoms with Crippen LogP contribution in [0.1, 0.15) is 11.1 Å². The number of sulfone groups is 1. The molecule has 3 aromatic carbocycles. The van der Waals surface area contributed by atoms with Gasteiger partial charge in [-0.25, -0.2) is 8.42 Å². The Kier molecular flexibility index (Phi) is 6.01. The lowest BCUT2D eigenvalue weighted by Crippen LogP contribution is -2.18. The van der Waals surface area contributed by atoms with Gasteiger partial charge in [0.25, 0.3) is 0 Å². The van der Waals surface area contributed by atoms with Crippen molar-refractivity contribution in [3.8, 4) is 5.75 Å². The summed E-state index contributed by atoms with van der Waals surface area (Å²) in [6, 6.07) is 21.7. The molecule has 0 aliphatic heterocycles. The van der Waals surface area contributed by atoms with Crippen molar-refractivity contribution < 1.29 is 17.9 Å². The predicted octanol–water partition coefficient (Wildman–Crippen LogP) is 4.57. The number of aromatic nitrogens is 1. The van der Waals surface area contributed by atoms with Crippen LogP contribution in [0.4, 0.5) is 5.69 Å². The zero-order valence-corrected chi connectivity index (χ0v) is 18.7. The second-order valence-electron chi connectivity index (χ2n) is 7.66. The number of hydrogen-bond acceptors (Lipinski definition) is 4. The maximum atomic E-state index is 13.2. The predicted molar refractivity (Wildman–Crippen MR) is 126 cm³/mol. The molecule has 7 heteroatoms. The monoisotopic (exact) mass is 448 g/mol. The van der Waals surface area contributed by atoms with Crippen molar-refractivity contribution >= 4 is 32.3 Å². The fraction of sp³-hybridized carbons (Fsp3) is 0.160. The molecule has 1 N–H and O–H groups in total. The van der Waals surface area contributed by atoms with Gasteiger partial charge in [0.15, 0.2) is 9.84 Å². The number of aryl methyl sites for hydroxylation is 1. The van der Waals surface area contributed by atoms with Gasteiger partial charge in [0.1, 0.15) is 12.3 Å². The standard InChI is InChI=1S/C25H24N2O4S/c1-18-10-12-19(13-11-18)17-32(29,30)24-15-27(23-9-4-3-8-22(23)24)16-25(28)26-20-6-5-7-21(14-20)31-2/h3-15H,16-17H2,1-2H3,(H,26,28). The van der Waals surface area contributed by atoms with Gasteiger partial charge in [0.05, 0.1) is 17.8 Å². The number of rotatable bonds is 7. The second-order valence-corrected chi connectivity index (χ2v) is 9.62. The summed E-state index contributed by atoms with van der Waals surface area (Å²) in [4.78, 5) is 12.9. The molecule has 4 aromatic rings. The molecule has 0 aliphatic carbocycles. The van der Waals surface area contributed by atoms with Crippen LogP contribution < -0.4 is 10.1 Å². The topological polar surface area (TPSA) is 77.4 Å².